The molecule has 0 saturated heterocycles. The minimum absolute atomic E-state index is 0.0996. The molecular formula is C19H20N4O5. The van der Waals surface area contributed by atoms with E-state index in [9.17, 15) is 14.4 Å². The van der Waals surface area contributed by atoms with Crippen molar-refractivity contribution in [1.82, 2.24) is 19.7 Å². The van der Waals surface area contributed by atoms with Crippen molar-refractivity contribution >= 4 is 5.91 Å². The molecule has 3 rings (SSSR count). The molecule has 0 atom stereocenters. The van der Waals surface area contributed by atoms with Gasteiger partial charge in [-0.1, -0.05) is 6.92 Å². The Hall–Kier alpha value is -3.62. The molecule has 1 aromatic carbocycles. The minimum Gasteiger partial charge on any atom is -0.497 e. The number of benzene rings is 1. The van der Waals surface area contributed by atoms with Gasteiger partial charge < -0.3 is 14.5 Å². The molecule has 0 bridgehead atoms. The zero-order valence-corrected chi connectivity index (χ0v) is 15.5. The normalized spacial score (nSPS) is 10.6. The molecule has 0 aliphatic heterocycles. The zero-order valence-electron chi connectivity index (χ0n) is 15.5. The lowest BCUT2D eigenvalue weighted by molar-refractivity contribution is 0.0938. The van der Waals surface area contributed by atoms with Crippen LogP contribution in [-0.4, -0.2) is 27.4 Å². The van der Waals surface area contributed by atoms with Crippen LogP contribution >= 0.6 is 0 Å². The fourth-order valence-corrected chi connectivity index (χ4v) is 2.63. The van der Waals surface area contributed by atoms with E-state index in [4.69, 9.17) is 9.15 Å². The second-order valence-corrected chi connectivity index (χ2v) is 5.96. The number of hydrogen-bond donors (Lipinski definition) is 1. The van der Waals surface area contributed by atoms with Crippen LogP contribution in [0.25, 0.3) is 5.69 Å². The first-order valence-electron chi connectivity index (χ1n) is 8.74. The highest BCUT2D eigenvalue weighted by Gasteiger charge is 2.20. The predicted octanol–water partition coefficient (Wildman–Crippen LogP) is 1.34. The van der Waals surface area contributed by atoms with E-state index in [1.807, 2.05) is 6.92 Å². The molecule has 0 spiro atoms. The van der Waals surface area contributed by atoms with Gasteiger partial charge in [0.25, 0.3) is 11.5 Å². The lowest BCUT2D eigenvalue weighted by Gasteiger charge is -2.12. The van der Waals surface area contributed by atoms with Crippen LogP contribution < -0.4 is 21.3 Å². The Labute approximate surface area is 160 Å². The first-order valence-corrected chi connectivity index (χ1v) is 8.74. The summed E-state index contributed by atoms with van der Waals surface area (Å²) in [5.41, 5.74) is -1.29. The van der Waals surface area contributed by atoms with Gasteiger partial charge in [-0.3, -0.25) is 14.2 Å². The second-order valence-electron chi connectivity index (χ2n) is 5.96. The molecule has 9 heteroatoms. The van der Waals surface area contributed by atoms with Crippen molar-refractivity contribution in [2.24, 2.45) is 0 Å². The van der Waals surface area contributed by atoms with Crippen molar-refractivity contribution in [2.75, 3.05) is 7.11 Å². The number of nitrogens with one attached hydrogen (secondary N) is 1. The third-order valence-electron chi connectivity index (χ3n) is 4.04. The fraction of sp³-hybridized carbons (Fsp3) is 0.263. The maximum Gasteiger partial charge on any atom is 0.352 e. The molecule has 0 unspecified atom stereocenters. The van der Waals surface area contributed by atoms with Gasteiger partial charge in [0, 0.05) is 6.54 Å². The third-order valence-corrected chi connectivity index (χ3v) is 4.04. The average Bonchev–Trinajstić information content (AvgIpc) is 3.23. The van der Waals surface area contributed by atoms with Crippen molar-refractivity contribution in [2.45, 2.75) is 26.4 Å². The van der Waals surface area contributed by atoms with Crippen molar-refractivity contribution in [3.63, 3.8) is 0 Å². The highest BCUT2D eigenvalue weighted by molar-refractivity contribution is 5.91. The van der Waals surface area contributed by atoms with E-state index in [-0.39, 0.29) is 18.8 Å². The van der Waals surface area contributed by atoms with Crippen LogP contribution in [0.4, 0.5) is 0 Å². The third kappa shape index (κ3) is 3.88. The molecule has 9 nitrogen and oxygen atoms in total. The van der Waals surface area contributed by atoms with Gasteiger partial charge in [0.2, 0.25) is 5.69 Å². The van der Waals surface area contributed by atoms with Crippen LogP contribution in [0, 0.1) is 0 Å². The molecule has 0 aliphatic rings. The van der Waals surface area contributed by atoms with E-state index >= 15 is 0 Å². The standard InChI is InChI=1S/C19H20N4O5/c1-3-10-22-18(25)16(17(24)20-12-15-5-4-11-28-15)21-23(19(22)26)13-6-8-14(27-2)9-7-13/h4-9,11H,3,10,12H2,1-2H3,(H,20,24). The van der Waals surface area contributed by atoms with E-state index in [0.717, 1.165) is 9.25 Å². The summed E-state index contributed by atoms with van der Waals surface area (Å²) in [7, 11) is 1.53. The number of carbonyl (C=O) groups excluding carboxylic acids is 1. The molecule has 146 valence electrons. The number of furan rings is 1. The average molecular weight is 384 g/mol. The quantitative estimate of drug-likeness (QED) is 0.658. The first kappa shape index (κ1) is 19.2. The van der Waals surface area contributed by atoms with Gasteiger partial charge in [-0.05, 0) is 42.8 Å². The Morgan fingerprint density at radius 2 is 1.96 bits per heavy atom. The van der Waals surface area contributed by atoms with Gasteiger partial charge in [0.15, 0.2) is 0 Å². The number of carbonyl (C=O) groups is 1. The van der Waals surface area contributed by atoms with E-state index in [1.165, 1.54) is 13.4 Å². The Morgan fingerprint density at radius 3 is 2.57 bits per heavy atom. The van der Waals surface area contributed by atoms with Gasteiger partial charge in [-0.15, -0.1) is 0 Å². The molecule has 0 saturated carbocycles. The largest absolute Gasteiger partial charge is 0.497 e. The van der Waals surface area contributed by atoms with E-state index in [0.29, 0.717) is 23.6 Å². The summed E-state index contributed by atoms with van der Waals surface area (Å²) in [6, 6.07) is 9.96. The molecule has 2 aromatic heterocycles. The van der Waals surface area contributed by atoms with Crippen molar-refractivity contribution in [3.05, 3.63) is 75.0 Å². The molecule has 28 heavy (non-hydrogen) atoms. The number of amides is 1. The second kappa shape index (κ2) is 8.38. The minimum atomic E-state index is -0.728. The number of aromatic nitrogens is 3. The summed E-state index contributed by atoms with van der Waals surface area (Å²) in [5.74, 6) is 0.453. The maximum atomic E-state index is 12.7. The lowest BCUT2D eigenvalue weighted by Crippen LogP contribution is -2.45. The van der Waals surface area contributed by atoms with Crippen LogP contribution in [0.1, 0.15) is 29.6 Å². The Morgan fingerprint density at radius 1 is 1.21 bits per heavy atom. The zero-order chi connectivity index (χ0) is 20.1. The topological polar surface area (TPSA) is 108 Å². The molecule has 0 fully saturated rings. The van der Waals surface area contributed by atoms with Crippen LogP contribution in [0.15, 0.2) is 56.7 Å². The van der Waals surface area contributed by atoms with Gasteiger partial charge in [-0.2, -0.15) is 9.78 Å². The smallest absolute Gasteiger partial charge is 0.352 e. The summed E-state index contributed by atoms with van der Waals surface area (Å²) < 4.78 is 12.3. The fourth-order valence-electron chi connectivity index (χ4n) is 2.63. The summed E-state index contributed by atoms with van der Waals surface area (Å²) >= 11 is 0. The van der Waals surface area contributed by atoms with Crippen LogP contribution in [0.2, 0.25) is 0 Å². The number of nitrogens with zero attached hydrogens (tertiary/aromatic N) is 3. The van der Waals surface area contributed by atoms with Gasteiger partial charge in [0.1, 0.15) is 11.5 Å². The molecule has 0 radical (unpaired) electrons. The highest BCUT2D eigenvalue weighted by atomic mass is 16.5. The molecular weight excluding hydrogens is 364 g/mol. The Balaban J connectivity index is 2.03. The Bertz CT molecular complexity index is 1070. The van der Waals surface area contributed by atoms with E-state index < -0.39 is 17.2 Å². The number of rotatable bonds is 7. The first-order chi connectivity index (χ1) is 13.5. The number of methoxy groups -OCH3 is 1. The summed E-state index contributed by atoms with van der Waals surface area (Å²) in [4.78, 5) is 37.9. The highest BCUT2D eigenvalue weighted by Crippen LogP contribution is 2.12. The summed E-state index contributed by atoms with van der Waals surface area (Å²) in [6.45, 7) is 2.11. The molecule has 1 amide bonds. The summed E-state index contributed by atoms with van der Waals surface area (Å²) in [6.07, 6.45) is 2.03. The number of ether oxygens (including phenoxy) is 1. The van der Waals surface area contributed by atoms with Crippen LogP contribution in [0.5, 0.6) is 5.75 Å². The monoisotopic (exact) mass is 384 g/mol. The van der Waals surface area contributed by atoms with Gasteiger partial charge in [0.05, 0.1) is 25.6 Å². The van der Waals surface area contributed by atoms with Crippen molar-refractivity contribution in [1.29, 1.82) is 0 Å². The molecule has 0 aliphatic carbocycles. The van der Waals surface area contributed by atoms with Crippen LogP contribution in [0.3, 0.4) is 0 Å². The lowest BCUT2D eigenvalue weighted by atomic mass is 10.3. The van der Waals surface area contributed by atoms with Crippen LogP contribution in [-0.2, 0) is 13.1 Å². The molecule has 2 heterocycles. The molecule has 3 aromatic rings. The SMILES string of the molecule is CCCn1c(=O)c(C(=O)NCc2ccco2)nn(-c2ccc(OC)cc2)c1=O. The van der Waals surface area contributed by atoms with E-state index in [1.54, 1.807) is 36.4 Å². The Kier molecular flexibility index (Phi) is 5.73. The summed E-state index contributed by atoms with van der Waals surface area (Å²) in [5, 5.41) is 6.61. The molecule has 1 N–H and O–H groups in total. The number of hydrogen-bond acceptors (Lipinski definition) is 6. The van der Waals surface area contributed by atoms with Gasteiger partial charge >= 0.3 is 5.69 Å². The van der Waals surface area contributed by atoms with Gasteiger partial charge in [-0.25, -0.2) is 4.79 Å². The van der Waals surface area contributed by atoms with E-state index in [2.05, 4.69) is 10.4 Å². The maximum absolute atomic E-state index is 12.7. The van der Waals surface area contributed by atoms with Crippen molar-refractivity contribution in [3.8, 4) is 11.4 Å². The van der Waals surface area contributed by atoms with Crippen molar-refractivity contribution < 1.29 is 13.9 Å². The predicted molar refractivity (Wildman–Crippen MR) is 101 cm³/mol.